The first-order valence-corrected chi connectivity index (χ1v) is 10.5. The average molecular weight is 515 g/mol. The van der Waals surface area contributed by atoms with Gasteiger partial charge in [0.25, 0.3) is 11.8 Å². The van der Waals surface area contributed by atoms with E-state index in [4.69, 9.17) is 33.3 Å². The predicted octanol–water partition coefficient (Wildman–Crippen LogP) is 3.91. The van der Waals surface area contributed by atoms with Gasteiger partial charge in [-0.1, -0.05) is 27.5 Å². The Morgan fingerprint density at radius 3 is 2.57 bits per heavy atom. The van der Waals surface area contributed by atoms with E-state index in [1.54, 1.807) is 36.4 Å². The fourth-order valence-electron chi connectivity index (χ4n) is 2.26. The van der Waals surface area contributed by atoms with Crippen LogP contribution in [-0.2, 0) is 4.79 Å². The zero-order valence-electron chi connectivity index (χ0n) is 16.5. The standard InChI is InChI=1S/C20H21BrClN3O4S/c1-11(2)29-17-7-4-13(21)9-15(17)19(27)23-20(30)25-24-18(26)10-28-14-5-6-16(22)12(3)8-14/h4-9,11H,10H2,1-3H3,(H,24,26)(H2,23,25,27,30). The number of hydrogen-bond donors (Lipinski definition) is 3. The number of nitrogens with one attached hydrogen (secondary N) is 3. The number of carbonyl (C=O) groups is 2. The molecule has 0 spiro atoms. The first kappa shape index (κ1) is 23.9. The largest absolute Gasteiger partial charge is 0.490 e. The van der Waals surface area contributed by atoms with Gasteiger partial charge in [-0.2, -0.15) is 0 Å². The van der Waals surface area contributed by atoms with Gasteiger partial charge in [0.1, 0.15) is 11.5 Å². The molecule has 0 unspecified atom stereocenters. The second kappa shape index (κ2) is 11.1. The Kier molecular flexibility index (Phi) is 8.88. The first-order chi connectivity index (χ1) is 14.2. The van der Waals surface area contributed by atoms with Crippen molar-refractivity contribution in [3.8, 4) is 11.5 Å². The van der Waals surface area contributed by atoms with Crippen LogP contribution in [0.25, 0.3) is 0 Å². The molecule has 0 atom stereocenters. The van der Waals surface area contributed by atoms with Crippen molar-refractivity contribution in [2.45, 2.75) is 26.9 Å². The lowest BCUT2D eigenvalue weighted by molar-refractivity contribution is -0.123. The van der Waals surface area contributed by atoms with E-state index < -0.39 is 11.8 Å². The van der Waals surface area contributed by atoms with Crippen molar-refractivity contribution < 1.29 is 19.1 Å². The van der Waals surface area contributed by atoms with E-state index in [9.17, 15) is 9.59 Å². The third-order valence-corrected chi connectivity index (χ3v) is 4.71. The van der Waals surface area contributed by atoms with Crippen molar-refractivity contribution in [1.29, 1.82) is 0 Å². The Bertz CT molecular complexity index is 956. The second-order valence-electron chi connectivity index (χ2n) is 6.46. The van der Waals surface area contributed by atoms with E-state index in [1.165, 1.54) is 0 Å². The van der Waals surface area contributed by atoms with Gasteiger partial charge in [-0.25, -0.2) is 0 Å². The summed E-state index contributed by atoms with van der Waals surface area (Å²) in [5.41, 5.74) is 5.96. The van der Waals surface area contributed by atoms with Crippen LogP contribution >= 0.6 is 39.7 Å². The fourth-order valence-corrected chi connectivity index (χ4v) is 2.88. The average Bonchev–Trinajstić information content (AvgIpc) is 2.68. The molecule has 0 fully saturated rings. The minimum atomic E-state index is -0.481. The van der Waals surface area contributed by atoms with Crippen LogP contribution in [0.5, 0.6) is 11.5 Å². The van der Waals surface area contributed by atoms with Crippen LogP contribution in [0.2, 0.25) is 5.02 Å². The highest BCUT2D eigenvalue weighted by Crippen LogP contribution is 2.24. The minimum absolute atomic E-state index is 0.0776. The Balaban J connectivity index is 1.85. The molecule has 7 nitrogen and oxygen atoms in total. The second-order valence-corrected chi connectivity index (χ2v) is 8.19. The summed E-state index contributed by atoms with van der Waals surface area (Å²) in [6.45, 7) is 5.31. The topological polar surface area (TPSA) is 88.7 Å². The van der Waals surface area contributed by atoms with Gasteiger partial charge < -0.3 is 9.47 Å². The maximum absolute atomic E-state index is 12.5. The molecule has 0 bridgehead atoms. The third kappa shape index (κ3) is 7.47. The maximum Gasteiger partial charge on any atom is 0.276 e. The third-order valence-electron chi connectivity index (χ3n) is 3.59. The number of halogens is 2. The van der Waals surface area contributed by atoms with Crippen LogP contribution in [0.3, 0.4) is 0 Å². The number of hydrogen-bond acceptors (Lipinski definition) is 5. The van der Waals surface area contributed by atoms with E-state index >= 15 is 0 Å². The zero-order valence-corrected chi connectivity index (χ0v) is 19.7. The normalized spacial score (nSPS) is 10.3. The molecule has 10 heteroatoms. The molecule has 30 heavy (non-hydrogen) atoms. The maximum atomic E-state index is 12.5. The fraction of sp³-hybridized carbons (Fsp3) is 0.250. The molecule has 0 radical (unpaired) electrons. The van der Waals surface area contributed by atoms with E-state index in [0.29, 0.717) is 26.6 Å². The summed E-state index contributed by atoms with van der Waals surface area (Å²) >= 11 is 14.3. The number of amides is 2. The van der Waals surface area contributed by atoms with E-state index in [1.807, 2.05) is 20.8 Å². The molecule has 2 aromatic carbocycles. The molecule has 3 N–H and O–H groups in total. The molecule has 2 aromatic rings. The van der Waals surface area contributed by atoms with Crippen molar-refractivity contribution in [2.24, 2.45) is 0 Å². The quantitative estimate of drug-likeness (QED) is 0.400. The summed E-state index contributed by atoms with van der Waals surface area (Å²) in [4.78, 5) is 24.5. The van der Waals surface area contributed by atoms with Gasteiger partial charge in [0.2, 0.25) is 0 Å². The lowest BCUT2D eigenvalue weighted by Crippen LogP contribution is -2.49. The van der Waals surface area contributed by atoms with Gasteiger partial charge in [-0.15, -0.1) is 0 Å². The molecule has 0 aliphatic carbocycles. The van der Waals surface area contributed by atoms with Gasteiger partial charge in [0, 0.05) is 9.50 Å². The van der Waals surface area contributed by atoms with Crippen molar-refractivity contribution in [1.82, 2.24) is 16.2 Å². The van der Waals surface area contributed by atoms with E-state index in [2.05, 4.69) is 32.1 Å². The molecule has 160 valence electrons. The highest BCUT2D eigenvalue weighted by Gasteiger charge is 2.16. The van der Waals surface area contributed by atoms with Gasteiger partial charge in [0.15, 0.2) is 11.7 Å². The lowest BCUT2D eigenvalue weighted by atomic mass is 10.2. The summed E-state index contributed by atoms with van der Waals surface area (Å²) in [5.74, 6) is -0.0310. The van der Waals surface area contributed by atoms with Crippen LogP contribution in [0.4, 0.5) is 0 Å². The molecule has 2 rings (SSSR count). The SMILES string of the molecule is Cc1cc(OCC(=O)NNC(=S)NC(=O)c2cc(Br)ccc2OC(C)C)ccc1Cl. The monoisotopic (exact) mass is 513 g/mol. The summed E-state index contributed by atoms with van der Waals surface area (Å²) in [6, 6.07) is 10.2. The Morgan fingerprint density at radius 2 is 1.90 bits per heavy atom. The highest BCUT2D eigenvalue weighted by atomic mass is 79.9. The first-order valence-electron chi connectivity index (χ1n) is 8.91. The predicted molar refractivity (Wildman–Crippen MR) is 123 cm³/mol. The van der Waals surface area contributed by atoms with Crippen molar-refractivity contribution in [2.75, 3.05) is 6.61 Å². The molecular weight excluding hydrogens is 494 g/mol. The Labute approximate surface area is 193 Å². The summed E-state index contributed by atoms with van der Waals surface area (Å²) < 4.78 is 11.8. The van der Waals surface area contributed by atoms with Crippen molar-refractivity contribution in [3.63, 3.8) is 0 Å². The number of benzene rings is 2. The van der Waals surface area contributed by atoms with E-state index in [0.717, 1.165) is 5.56 Å². The number of ether oxygens (including phenoxy) is 2. The molecule has 2 amide bonds. The molecular formula is C20H21BrClN3O4S. The van der Waals surface area contributed by atoms with Crippen LogP contribution in [0.15, 0.2) is 40.9 Å². The smallest absolute Gasteiger partial charge is 0.276 e. The van der Waals surface area contributed by atoms with Crippen LogP contribution in [-0.4, -0.2) is 29.6 Å². The zero-order chi connectivity index (χ0) is 22.3. The highest BCUT2D eigenvalue weighted by molar-refractivity contribution is 9.10. The van der Waals surface area contributed by atoms with Gasteiger partial charge in [-0.05, 0) is 75.0 Å². The van der Waals surface area contributed by atoms with Crippen LogP contribution in [0, 0.1) is 6.92 Å². The number of rotatable bonds is 6. The van der Waals surface area contributed by atoms with Gasteiger partial charge in [-0.3, -0.25) is 25.8 Å². The molecule has 0 aliphatic heterocycles. The molecule has 0 aliphatic rings. The molecule has 0 saturated heterocycles. The number of thiocarbonyl (C=S) groups is 1. The minimum Gasteiger partial charge on any atom is -0.490 e. The van der Waals surface area contributed by atoms with Gasteiger partial charge in [0.05, 0.1) is 11.7 Å². The number of carbonyl (C=O) groups excluding carboxylic acids is 2. The number of hydrazine groups is 1. The Hall–Kier alpha value is -2.36. The molecule has 0 saturated carbocycles. The Morgan fingerprint density at radius 1 is 1.17 bits per heavy atom. The van der Waals surface area contributed by atoms with E-state index in [-0.39, 0.29) is 17.8 Å². The summed E-state index contributed by atoms with van der Waals surface area (Å²) in [6.07, 6.45) is -0.105. The van der Waals surface area contributed by atoms with Crippen LogP contribution in [0.1, 0.15) is 29.8 Å². The molecule has 0 heterocycles. The van der Waals surface area contributed by atoms with Crippen LogP contribution < -0.4 is 25.6 Å². The number of aryl methyl sites for hydroxylation is 1. The van der Waals surface area contributed by atoms with Crippen molar-refractivity contribution in [3.05, 3.63) is 57.0 Å². The van der Waals surface area contributed by atoms with Gasteiger partial charge >= 0.3 is 0 Å². The molecule has 0 aromatic heterocycles. The van der Waals surface area contributed by atoms with Crippen molar-refractivity contribution >= 4 is 56.7 Å². The lowest BCUT2D eigenvalue weighted by Gasteiger charge is -2.15. The summed E-state index contributed by atoms with van der Waals surface area (Å²) in [5, 5.41) is 3.03. The summed E-state index contributed by atoms with van der Waals surface area (Å²) in [7, 11) is 0.